The predicted molar refractivity (Wildman–Crippen MR) is 122 cm³/mol. The van der Waals surface area contributed by atoms with Crippen molar-refractivity contribution >= 4 is 51.6 Å². The zero-order chi connectivity index (χ0) is 21.3. The molecule has 0 radical (unpaired) electrons. The predicted octanol–water partition coefficient (Wildman–Crippen LogP) is 6.13. The van der Waals surface area contributed by atoms with Crippen LogP contribution in [-0.2, 0) is 4.79 Å². The molecule has 0 unspecified atom stereocenters. The van der Waals surface area contributed by atoms with Crippen LogP contribution in [0.2, 0.25) is 5.02 Å². The molecular formula is C22H24ClN3O2S. The van der Waals surface area contributed by atoms with E-state index in [0.717, 1.165) is 5.52 Å². The van der Waals surface area contributed by atoms with Gasteiger partial charge in [-0.1, -0.05) is 52.3 Å². The minimum atomic E-state index is -0.538. The summed E-state index contributed by atoms with van der Waals surface area (Å²) in [6.07, 6.45) is 0. The normalized spacial score (nSPS) is 11.7. The molecule has 29 heavy (non-hydrogen) atoms. The van der Waals surface area contributed by atoms with Crippen LogP contribution in [0.25, 0.3) is 22.6 Å². The van der Waals surface area contributed by atoms with E-state index in [9.17, 15) is 4.79 Å². The number of hydrogen-bond donors (Lipinski definition) is 2. The molecule has 2 aromatic carbocycles. The standard InChI is InChI=1S/C22H24ClN3O2S/c1-12(2)13-6-9-18-17(10-13)25-19(28-18)15-11-14(7-8-16(15)23)24-21(29)26-20(27)22(3,4)5/h6-12H,1-5H3,(H2,24,26,27,29). The maximum absolute atomic E-state index is 12.1. The van der Waals surface area contributed by atoms with Crippen molar-refractivity contribution in [3.05, 3.63) is 47.0 Å². The molecular weight excluding hydrogens is 406 g/mol. The van der Waals surface area contributed by atoms with Crippen LogP contribution in [0, 0.1) is 5.41 Å². The van der Waals surface area contributed by atoms with Crippen LogP contribution in [0.4, 0.5) is 5.69 Å². The van der Waals surface area contributed by atoms with Crippen LogP contribution in [0.15, 0.2) is 40.8 Å². The summed E-state index contributed by atoms with van der Waals surface area (Å²) < 4.78 is 5.91. The SMILES string of the molecule is CC(C)c1ccc2oc(-c3cc(NC(=S)NC(=O)C(C)(C)C)ccc3Cl)nc2c1. The number of benzene rings is 2. The number of thiocarbonyl (C=S) groups is 1. The molecule has 0 bridgehead atoms. The molecule has 1 aromatic heterocycles. The summed E-state index contributed by atoms with van der Waals surface area (Å²) in [4.78, 5) is 16.7. The zero-order valence-electron chi connectivity index (χ0n) is 17.1. The maximum Gasteiger partial charge on any atom is 0.231 e. The average Bonchev–Trinajstić information content (AvgIpc) is 3.05. The number of hydrogen-bond acceptors (Lipinski definition) is 4. The zero-order valence-corrected chi connectivity index (χ0v) is 18.7. The highest BCUT2D eigenvalue weighted by Gasteiger charge is 2.22. The Kier molecular flexibility index (Phi) is 5.96. The lowest BCUT2D eigenvalue weighted by Crippen LogP contribution is -2.41. The fourth-order valence-electron chi connectivity index (χ4n) is 2.64. The summed E-state index contributed by atoms with van der Waals surface area (Å²) >= 11 is 11.6. The second kappa shape index (κ2) is 8.13. The molecule has 0 aliphatic carbocycles. The number of halogens is 1. The van der Waals surface area contributed by atoms with Crippen molar-refractivity contribution in [2.45, 2.75) is 40.5 Å². The van der Waals surface area contributed by atoms with Gasteiger partial charge in [-0.05, 0) is 54.0 Å². The van der Waals surface area contributed by atoms with Gasteiger partial charge in [0.05, 0.1) is 10.6 Å². The summed E-state index contributed by atoms with van der Waals surface area (Å²) in [5, 5.41) is 6.43. The quantitative estimate of drug-likeness (QED) is 0.490. The molecule has 1 heterocycles. The van der Waals surface area contributed by atoms with Crippen LogP contribution in [0.5, 0.6) is 0 Å². The first-order valence-electron chi connectivity index (χ1n) is 9.37. The van der Waals surface area contributed by atoms with E-state index in [1.54, 1.807) is 18.2 Å². The van der Waals surface area contributed by atoms with E-state index in [1.807, 2.05) is 39.0 Å². The lowest BCUT2D eigenvalue weighted by molar-refractivity contribution is -0.126. The molecule has 1 amide bonds. The molecule has 0 aliphatic rings. The third kappa shape index (κ3) is 4.95. The summed E-state index contributed by atoms with van der Waals surface area (Å²) in [7, 11) is 0. The molecule has 3 aromatic rings. The van der Waals surface area contributed by atoms with E-state index >= 15 is 0 Å². The van der Waals surface area contributed by atoms with Crippen molar-refractivity contribution in [3.8, 4) is 11.5 Å². The van der Waals surface area contributed by atoms with Crippen LogP contribution in [0.1, 0.15) is 46.1 Å². The second-order valence-corrected chi connectivity index (χ2v) is 9.07. The third-order valence-electron chi connectivity index (χ3n) is 4.44. The van der Waals surface area contributed by atoms with Gasteiger partial charge in [-0.25, -0.2) is 4.98 Å². The highest BCUT2D eigenvalue weighted by atomic mass is 35.5. The van der Waals surface area contributed by atoms with Crippen LogP contribution in [0.3, 0.4) is 0 Å². The number of aromatic nitrogens is 1. The molecule has 0 saturated heterocycles. The van der Waals surface area contributed by atoms with Crippen molar-refractivity contribution in [1.29, 1.82) is 0 Å². The Morgan fingerprint density at radius 2 is 1.90 bits per heavy atom. The lowest BCUT2D eigenvalue weighted by atomic mass is 9.96. The fourth-order valence-corrected chi connectivity index (χ4v) is 3.05. The van der Waals surface area contributed by atoms with E-state index < -0.39 is 5.41 Å². The molecule has 3 rings (SSSR count). The van der Waals surface area contributed by atoms with Gasteiger partial charge < -0.3 is 15.1 Å². The molecule has 0 aliphatic heterocycles. The Balaban J connectivity index is 1.86. The fraction of sp³-hybridized carbons (Fsp3) is 0.318. The molecule has 0 saturated carbocycles. The number of rotatable bonds is 3. The molecule has 0 fully saturated rings. The molecule has 2 N–H and O–H groups in total. The largest absolute Gasteiger partial charge is 0.436 e. The summed E-state index contributed by atoms with van der Waals surface area (Å²) in [5.74, 6) is 0.670. The van der Waals surface area contributed by atoms with Crippen molar-refractivity contribution in [3.63, 3.8) is 0 Å². The van der Waals surface area contributed by atoms with Crippen molar-refractivity contribution in [2.75, 3.05) is 5.32 Å². The van der Waals surface area contributed by atoms with Gasteiger partial charge >= 0.3 is 0 Å². The smallest absolute Gasteiger partial charge is 0.231 e. The minimum absolute atomic E-state index is 0.163. The first kappa shape index (κ1) is 21.3. The number of anilines is 1. The van der Waals surface area contributed by atoms with E-state index in [-0.39, 0.29) is 11.0 Å². The van der Waals surface area contributed by atoms with Gasteiger partial charge in [-0.3, -0.25) is 4.79 Å². The van der Waals surface area contributed by atoms with Gasteiger partial charge in [-0.15, -0.1) is 0 Å². The van der Waals surface area contributed by atoms with Crippen molar-refractivity contribution in [1.82, 2.24) is 10.3 Å². The number of oxazole rings is 1. The number of carbonyl (C=O) groups excluding carboxylic acids is 1. The Bertz CT molecular complexity index is 1080. The monoisotopic (exact) mass is 429 g/mol. The van der Waals surface area contributed by atoms with Crippen LogP contribution < -0.4 is 10.6 Å². The van der Waals surface area contributed by atoms with Gasteiger partial charge in [0.15, 0.2) is 10.7 Å². The Morgan fingerprint density at radius 1 is 1.17 bits per heavy atom. The molecule has 7 heteroatoms. The van der Waals surface area contributed by atoms with E-state index in [1.165, 1.54) is 5.56 Å². The summed E-state index contributed by atoms with van der Waals surface area (Å²) in [5.41, 5.74) is 3.46. The van der Waals surface area contributed by atoms with E-state index in [2.05, 4.69) is 29.5 Å². The van der Waals surface area contributed by atoms with Crippen LogP contribution in [-0.4, -0.2) is 16.0 Å². The first-order chi connectivity index (χ1) is 13.5. The lowest BCUT2D eigenvalue weighted by Gasteiger charge is -2.18. The van der Waals surface area contributed by atoms with Crippen molar-refractivity contribution in [2.24, 2.45) is 5.41 Å². The maximum atomic E-state index is 12.1. The van der Waals surface area contributed by atoms with E-state index in [4.69, 9.17) is 28.2 Å². The Hall–Kier alpha value is -2.44. The number of nitrogens with one attached hydrogen (secondary N) is 2. The van der Waals surface area contributed by atoms with Gasteiger partial charge in [0, 0.05) is 11.1 Å². The van der Waals surface area contributed by atoms with Gasteiger partial charge in [0.1, 0.15) is 5.52 Å². The Morgan fingerprint density at radius 3 is 2.55 bits per heavy atom. The third-order valence-corrected chi connectivity index (χ3v) is 4.97. The summed E-state index contributed by atoms with van der Waals surface area (Å²) in [6.45, 7) is 9.74. The Labute approximate surface area is 180 Å². The number of nitrogens with zero attached hydrogens (tertiary/aromatic N) is 1. The topological polar surface area (TPSA) is 67.2 Å². The highest BCUT2D eigenvalue weighted by molar-refractivity contribution is 7.80. The van der Waals surface area contributed by atoms with Crippen LogP contribution >= 0.6 is 23.8 Å². The van der Waals surface area contributed by atoms with Gasteiger partial charge in [0.25, 0.3) is 0 Å². The number of fused-ring (bicyclic) bond motifs is 1. The number of carbonyl (C=O) groups is 1. The van der Waals surface area contributed by atoms with Gasteiger partial charge in [-0.2, -0.15) is 0 Å². The first-order valence-corrected chi connectivity index (χ1v) is 10.2. The van der Waals surface area contributed by atoms with Gasteiger partial charge in [0.2, 0.25) is 11.8 Å². The molecule has 0 atom stereocenters. The number of amides is 1. The second-order valence-electron chi connectivity index (χ2n) is 8.25. The molecule has 5 nitrogen and oxygen atoms in total. The molecule has 152 valence electrons. The molecule has 0 spiro atoms. The van der Waals surface area contributed by atoms with E-state index in [0.29, 0.717) is 33.7 Å². The minimum Gasteiger partial charge on any atom is -0.436 e. The van der Waals surface area contributed by atoms with Crippen molar-refractivity contribution < 1.29 is 9.21 Å². The summed E-state index contributed by atoms with van der Waals surface area (Å²) in [6, 6.07) is 11.3. The highest BCUT2D eigenvalue weighted by Crippen LogP contribution is 2.33. The average molecular weight is 430 g/mol.